The molecule has 0 unspecified atom stereocenters. The minimum absolute atomic E-state index is 0.00135. The Morgan fingerprint density at radius 2 is 1.42 bits per heavy atom. The van der Waals surface area contributed by atoms with E-state index in [2.05, 4.69) is 5.32 Å². The van der Waals surface area contributed by atoms with Crippen LogP contribution in [-0.4, -0.2) is 59.7 Å². The van der Waals surface area contributed by atoms with E-state index in [4.69, 9.17) is 11.6 Å². The highest BCUT2D eigenvalue weighted by atomic mass is 35.5. The summed E-state index contributed by atoms with van der Waals surface area (Å²) in [6.45, 7) is 2.59. The molecule has 2 aliphatic rings. The minimum atomic E-state index is -0.580. The first kappa shape index (κ1) is 23.3. The number of hydrogen-bond donors (Lipinski definition) is 1. The minimum Gasteiger partial charge on any atom is -0.341 e. The molecule has 2 heterocycles. The number of amides is 3. The van der Waals surface area contributed by atoms with Crippen LogP contribution in [0.2, 0.25) is 5.02 Å². The topological polar surface area (TPSA) is 69.7 Å². The third kappa shape index (κ3) is 5.74. The van der Waals surface area contributed by atoms with Gasteiger partial charge in [-0.15, -0.1) is 0 Å². The van der Waals surface area contributed by atoms with Gasteiger partial charge in [0.05, 0.1) is 0 Å². The zero-order valence-electron chi connectivity index (χ0n) is 18.7. The van der Waals surface area contributed by atoms with Crippen molar-refractivity contribution in [2.24, 2.45) is 5.92 Å². The van der Waals surface area contributed by atoms with Gasteiger partial charge in [-0.05, 0) is 74.4 Å². The quantitative estimate of drug-likeness (QED) is 0.722. The molecule has 2 saturated heterocycles. The lowest BCUT2D eigenvalue weighted by Crippen LogP contribution is -2.55. The van der Waals surface area contributed by atoms with Crippen LogP contribution in [0.15, 0.2) is 54.6 Å². The molecule has 0 saturated carbocycles. The monoisotopic (exact) mass is 467 g/mol. The molecular formula is C26H30ClN3O3. The summed E-state index contributed by atoms with van der Waals surface area (Å²) in [4.78, 5) is 42.9. The molecule has 2 fully saturated rings. The Bertz CT molecular complexity index is 966. The molecular weight excluding hydrogens is 438 g/mol. The number of benzene rings is 2. The summed E-state index contributed by atoms with van der Waals surface area (Å²) in [5.74, 6) is -0.272. The fourth-order valence-electron chi connectivity index (χ4n) is 4.72. The fourth-order valence-corrected chi connectivity index (χ4v) is 4.84. The van der Waals surface area contributed by atoms with Gasteiger partial charge in [0.25, 0.3) is 11.8 Å². The lowest BCUT2D eigenvalue weighted by atomic mass is 9.87. The molecule has 6 nitrogen and oxygen atoms in total. The van der Waals surface area contributed by atoms with Crippen molar-refractivity contribution in [1.29, 1.82) is 0 Å². The van der Waals surface area contributed by atoms with Gasteiger partial charge in [0.15, 0.2) is 0 Å². The lowest BCUT2D eigenvalue weighted by molar-refractivity contribution is -0.136. The van der Waals surface area contributed by atoms with E-state index in [0.29, 0.717) is 42.1 Å². The molecule has 2 aromatic carbocycles. The molecule has 1 N–H and O–H groups in total. The van der Waals surface area contributed by atoms with Gasteiger partial charge < -0.3 is 15.1 Å². The molecule has 0 bridgehead atoms. The van der Waals surface area contributed by atoms with Gasteiger partial charge >= 0.3 is 0 Å². The highest BCUT2D eigenvalue weighted by Crippen LogP contribution is 2.25. The molecule has 0 spiro atoms. The first-order valence-corrected chi connectivity index (χ1v) is 12.1. The maximum atomic E-state index is 13.5. The van der Waals surface area contributed by atoms with Gasteiger partial charge in [-0.2, -0.15) is 0 Å². The van der Waals surface area contributed by atoms with Gasteiger partial charge in [-0.25, -0.2) is 0 Å². The van der Waals surface area contributed by atoms with Crippen LogP contribution in [0.5, 0.6) is 0 Å². The second kappa shape index (κ2) is 10.8. The van der Waals surface area contributed by atoms with Crippen LogP contribution in [0.25, 0.3) is 0 Å². The number of halogens is 1. The van der Waals surface area contributed by atoms with Crippen LogP contribution < -0.4 is 5.32 Å². The van der Waals surface area contributed by atoms with Crippen LogP contribution in [0.1, 0.15) is 52.8 Å². The van der Waals surface area contributed by atoms with E-state index < -0.39 is 6.04 Å². The number of carbonyl (C=O) groups excluding carboxylic acids is 3. The van der Waals surface area contributed by atoms with Crippen molar-refractivity contribution in [2.75, 3.05) is 26.2 Å². The second-order valence-corrected chi connectivity index (χ2v) is 9.28. The number of likely N-dealkylation sites (tertiary alicyclic amines) is 2. The van der Waals surface area contributed by atoms with E-state index >= 15 is 0 Å². The lowest BCUT2D eigenvalue weighted by Gasteiger charge is -2.38. The molecule has 4 rings (SSSR count). The van der Waals surface area contributed by atoms with Crippen LogP contribution in [0.4, 0.5) is 0 Å². The number of carbonyl (C=O) groups is 3. The number of nitrogens with zero attached hydrogens (tertiary/aromatic N) is 2. The van der Waals surface area contributed by atoms with Crippen molar-refractivity contribution in [3.8, 4) is 0 Å². The van der Waals surface area contributed by atoms with E-state index in [-0.39, 0.29) is 23.6 Å². The molecule has 33 heavy (non-hydrogen) atoms. The predicted octanol–water partition coefficient (Wildman–Crippen LogP) is 4.00. The number of piperidine rings is 2. The maximum Gasteiger partial charge on any atom is 0.253 e. The zero-order chi connectivity index (χ0) is 23.2. The van der Waals surface area contributed by atoms with Crippen molar-refractivity contribution >= 4 is 29.3 Å². The zero-order valence-corrected chi connectivity index (χ0v) is 19.5. The average Bonchev–Trinajstić information content (AvgIpc) is 2.88. The normalized spacial score (nSPS) is 18.0. The second-order valence-electron chi connectivity index (χ2n) is 8.84. The average molecular weight is 468 g/mol. The summed E-state index contributed by atoms with van der Waals surface area (Å²) in [5.41, 5.74) is 1.15. The largest absolute Gasteiger partial charge is 0.341 e. The molecule has 0 radical (unpaired) electrons. The molecule has 1 atom stereocenters. The van der Waals surface area contributed by atoms with E-state index in [1.807, 2.05) is 28.0 Å². The Kier molecular flexibility index (Phi) is 7.65. The Balaban J connectivity index is 1.45. The van der Waals surface area contributed by atoms with Gasteiger partial charge in [0.2, 0.25) is 5.91 Å². The third-order valence-electron chi connectivity index (χ3n) is 6.65. The van der Waals surface area contributed by atoms with Crippen molar-refractivity contribution < 1.29 is 14.4 Å². The summed E-state index contributed by atoms with van der Waals surface area (Å²) in [5, 5.41) is 3.63. The van der Waals surface area contributed by atoms with E-state index in [9.17, 15) is 14.4 Å². The Hall–Kier alpha value is -2.86. The van der Waals surface area contributed by atoms with Crippen LogP contribution in [-0.2, 0) is 4.79 Å². The summed E-state index contributed by atoms with van der Waals surface area (Å²) >= 11 is 5.94. The van der Waals surface area contributed by atoms with Crippen LogP contribution in [0.3, 0.4) is 0 Å². The molecule has 3 amide bonds. The first-order chi connectivity index (χ1) is 16.0. The third-order valence-corrected chi connectivity index (χ3v) is 6.90. The Labute approximate surface area is 199 Å². The fraction of sp³-hybridized carbons (Fsp3) is 0.423. The highest BCUT2D eigenvalue weighted by Gasteiger charge is 2.36. The van der Waals surface area contributed by atoms with E-state index in [0.717, 1.165) is 32.4 Å². The SMILES string of the molecule is O=C(N[C@H](C(=O)N1CCCCC1)C1CCN(C(=O)c2ccc(Cl)cc2)CC1)c1ccccc1. The first-order valence-electron chi connectivity index (χ1n) is 11.7. The van der Waals surface area contributed by atoms with Crippen molar-refractivity contribution in [1.82, 2.24) is 15.1 Å². The van der Waals surface area contributed by atoms with Crippen molar-refractivity contribution in [2.45, 2.75) is 38.1 Å². The summed E-state index contributed by atoms with van der Waals surface area (Å²) in [6, 6.07) is 15.3. The predicted molar refractivity (Wildman–Crippen MR) is 128 cm³/mol. The molecule has 174 valence electrons. The van der Waals surface area contributed by atoms with Gasteiger partial charge in [-0.3, -0.25) is 14.4 Å². The van der Waals surface area contributed by atoms with Crippen molar-refractivity contribution in [3.63, 3.8) is 0 Å². The molecule has 0 aromatic heterocycles. The summed E-state index contributed by atoms with van der Waals surface area (Å²) in [6.07, 6.45) is 4.46. The van der Waals surface area contributed by atoms with Gasteiger partial charge in [0.1, 0.15) is 6.04 Å². The van der Waals surface area contributed by atoms with Gasteiger partial charge in [0, 0.05) is 42.3 Å². The van der Waals surface area contributed by atoms with Crippen LogP contribution in [0, 0.1) is 5.92 Å². The summed E-state index contributed by atoms with van der Waals surface area (Å²) in [7, 11) is 0. The Morgan fingerprint density at radius 1 is 0.788 bits per heavy atom. The molecule has 7 heteroatoms. The van der Waals surface area contributed by atoms with E-state index in [1.54, 1.807) is 36.4 Å². The number of nitrogens with one attached hydrogen (secondary N) is 1. The maximum absolute atomic E-state index is 13.5. The number of rotatable bonds is 5. The number of hydrogen-bond acceptors (Lipinski definition) is 3. The molecule has 2 aromatic rings. The van der Waals surface area contributed by atoms with E-state index in [1.165, 1.54) is 0 Å². The standard InChI is InChI=1S/C26H30ClN3O3/c27-22-11-9-21(10-12-22)25(32)30-17-13-19(14-18-30)23(26(33)29-15-5-2-6-16-29)28-24(31)20-7-3-1-4-8-20/h1,3-4,7-12,19,23H,2,5-6,13-18H2,(H,28,31)/t23-/m0/s1. The molecule has 2 aliphatic heterocycles. The molecule has 0 aliphatic carbocycles. The highest BCUT2D eigenvalue weighted by molar-refractivity contribution is 6.30. The van der Waals surface area contributed by atoms with Gasteiger partial charge in [-0.1, -0.05) is 29.8 Å². The summed E-state index contributed by atoms with van der Waals surface area (Å²) < 4.78 is 0. The Morgan fingerprint density at radius 3 is 2.06 bits per heavy atom. The van der Waals surface area contributed by atoms with Crippen LogP contribution >= 0.6 is 11.6 Å². The smallest absolute Gasteiger partial charge is 0.253 e. The van der Waals surface area contributed by atoms with Crippen molar-refractivity contribution in [3.05, 3.63) is 70.7 Å².